The number of nitrogens with zero attached hydrogens (tertiary/aromatic N) is 5. The van der Waals surface area contributed by atoms with Crippen LogP contribution in [-0.2, 0) is 0 Å². The lowest BCUT2D eigenvalue weighted by molar-refractivity contribution is 0.0746. The summed E-state index contributed by atoms with van der Waals surface area (Å²) >= 11 is 0. The number of carbonyl (C=O) groups excluding carboxylic acids is 1. The van der Waals surface area contributed by atoms with Gasteiger partial charge in [0.25, 0.3) is 5.91 Å². The van der Waals surface area contributed by atoms with Crippen LogP contribution in [0.1, 0.15) is 15.9 Å². The molecule has 9 heteroatoms. The van der Waals surface area contributed by atoms with Gasteiger partial charge in [-0.25, -0.2) is 4.98 Å². The minimum absolute atomic E-state index is 0.0261. The van der Waals surface area contributed by atoms with Crippen molar-refractivity contribution >= 4 is 23.4 Å². The normalized spacial score (nSPS) is 13.6. The highest BCUT2D eigenvalue weighted by Gasteiger charge is 2.24. The number of aryl methyl sites for hydroxylation is 1. The number of hydrogen-bond donors (Lipinski definition) is 1. The van der Waals surface area contributed by atoms with Gasteiger partial charge in [0.2, 0.25) is 0 Å². The highest BCUT2D eigenvalue weighted by Crippen LogP contribution is 2.28. The summed E-state index contributed by atoms with van der Waals surface area (Å²) < 4.78 is 10.6. The van der Waals surface area contributed by atoms with Gasteiger partial charge >= 0.3 is 0 Å². The van der Waals surface area contributed by atoms with Gasteiger partial charge in [0.05, 0.1) is 14.2 Å². The van der Waals surface area contributed by atoms with E-state index in [4.69, 9.17) is 9.47 Å². The fourth-order valence-electron chi connectivity index (χ4n) is 3.52. The van der Waals surface area contributed by atoms with Gasteiger partial charge in [-0.1, -0.05) is 6.07 Å². The molecule has 3 aromatic rings. The highest BCUT2D eigenvalue weighted by molar-refractivity contribution is 5.95. The number of aromatic nitrogens is 3. The third-order valence-electron chi connectivity index (χ3n) is 5.34. The van der Waals surface area contributed by atoms with Crippen LogP contribution in [-0.4, -0.2) is 66.4 Å². The molecule has 1 aromatic carbocycles. The first-order chi connectivity index (χ1) is 15.6. The molecular weight excluding hydrogens is 408 g/mol. The summed E-state index contributed by atoms with van der Waals surface area (Å²) in [6.45, 7) is 4.55. The molecule has 0 spiro atoms. The predicted octanol–water partition coefficient (Wildman–Crippen LogP) is 2.90. The topological polar surface area (TPSA) is 92.7 Å². The number of benzene rings is 1. The second kappa shape index (κ2) is 9.51. The number of ether oxygens (including phenoxy) is 2. The second-order valence-corrected chi connectivity index (χ2v) is 7.47. The number of methoxy groups -OCH3 is 2. The molecule has 1 aliphatic heterocycles. The molecule has 1 N–H and O–H groups in total. The number of nitrogens with one attached hydrogen (secondary N) is 1. The molecule has 1 fully saturated rings. The average molecular weight is 435 g/mol. The van der Waals surface area contributed by atoms with Crippen molar-refractivity contribution in [3.8, 4) is 11.5 Å². The summed E-state index contributed by atoms with van der Waals surface area (Å²) in [6, 6.07) is 12.9. The molecule has 2 aromatic heterocycles. The van der Waals surface area contributed by atoms with Gasteiger partial charge in [-0.05, 0) is 48.9 Å². The van der Waals surface area contributed by atoms with Crippen molar-refractivity contribution in [2.45, 2.75) is 6.92 Å². The molecular formula is C23H26N6O3. The van der Waals surface area contributed by atoms with Gasteiger partial charge in [0.1, 0.15) is 5.82 Å². The summed E-state index contributed by atoms with van der Waals surface area (Å²) in [4.78, 5) is 21.2. The van der Waals surface area contributed by atoms with Crippen LogP contribution in [0.4, 0.5) is 17.5 Å². The van der Waals surface area contributed by atoms with E-state index in [1.807, 2.05) is 36.1 Å². The van der Waals surface area contributed by atoms with Gasteiger partial charge in [-0.3, -0.25) is 4.79 Å². The van der Waals surface area contributed by atoms with Gasteiger partial charge < -0.3 is 24.6 Å². The third kappa shape index (κ3) is 4.72. The van der Waals surface area contributed by atoms with E-state index in [-0.39, 0.29) is 5.91 Å². The van der Waals surface area contributed by atoms with Crippen molar-refractivity contribution in [2.75, 3.05) is 50.6 Å². The number of anilines is 3. The van der Waals surface area contributed by atoms with Crippen LogP contribution in [0.25, 0.3) is 0 Å². The lowest BCUT2D eigenvalue weighted by atomic mass is 10.1. The van der Waals surface area contributed by atoms with Crippen molar-refractivity contribution < 1.29 is 14.3 Å². The van der Waals surface area contributed by atoms with Gasteiger partial charge in [-0.15, -0.1) is 10.2 Å². The quantitative estimate of drug-likeness (QED) is 0.633. The van der Waals surface area contributed by atoms with E-state index in [1.54, 1.807) is 38.6 Å². The van der Waals surface area contributed by atoms with Crippen molar-refractivity contribution in [3.05, 3.63) is 59.8 Å². The zero-order chi connectivity index (χ0) is 22.5. The Morgan fingerprint density at radius 1 is 0.906 bits per heavy atom. The first kappa shape index (κ1) is 21.4. The Bertz CT molecular complexity index is 1060. The Hall–Kier alpha value is -3.88. The molecule has 0 bridgehead atoms. The Kier molecular flexibility index (Phi) is 6.34. The molecule has 0 saturated carbocycles. The number of pyridine rings is 1. The monoisotopic (exact) mass is 434 g/mol. The van der Waals surface area contributed by atoms with Crippen molar-refractivity contribution in [1.29, 1.82) is 0 Å². The van der Waals surface area contributed by atoms with Crippen molar-refractivity contribution in [1.82, 2.24) is 20.1 Å². The summed E-state index contributed by atoms with van der Waals surface area (Å²) in [5, 5.41) is 11.7. The molecule has 166 valence electrons. The summed E-state index contributed by atoms with van der Waals surface area (Å²) in [7, 11) is 3.13. The SMILES string of the molecule is COc1ccc(C(=O)N2CCN(c3ccc(Nc4ccc(C)cn4)nn3)CC2)cc1OC. The molecule has 0 radical (unpaired) electrons. The van der Waals surface area contributed by atoms with Crippen LogP contribution in [0, 0.1) is 6.92 Å². The minimum atomic E-state index is -0.0261. The molecule has 0 aliphatic carbocycles. The van der Waals surface area contributed by atoms with Crippen LogP contribution >= 0.6 is 0 Å². The smallest absolute Gasteiger partial charge is 0.254 e. The Morgan fingerprint density at radius 2 is 1.66 bits per heavy atom. The van der Waals surface area contributed by atoms with E-state index in [0.717, 1.165) is 17.2 Å². The fraction of sp³-hybridized carbons (Fsp3) is 0.304. The number of piperazine rings is 1. The zero-order valence-corrected chi connectivity index (χ0v) is 18.4. The molecule has 4 rings (SSSR count). The van der Waals surface area contributed by atoms with Crippen LogP contribution < -0.4 is 19.7 Å². The van der Waals surface area contributed by atoms with Crippen molar-refractivity contribution in [2.24, 2.45) is 0 Å². The van der Waals surface area contributed by atoms with E-state index in [9.17, 15) is 4.79 Å². The van der Waals surface area contributed by atoms with E-state index in [2.05, 4.69) is 25.4 Å². The first-order valence-electron chi connectivity index (χ1n) is 10.4. The standard InChI is InChI=1S/C23H26N6O3/c1-16-4-7-20(24-15-16)25-21-8-9-22(27-26-21)28-10-12-29(13-11-28)23(30)17-5-6-18(31-2)19(14-17)32-3/h4-9,14-15H,10-13H2,1-3H3,(H,24,25,26). The third-order valence-corrected chi connectivity index (χ3v) is 5.34. The molecule has 1 saturated heterocycles. The molecule has 0 unspecified atom stereocenters. The summed E-state index contributed by atoms with van der Waals surface area (Å²) in [5.74, 6) is 3.25. The maximum Gasteiger partial charge on any atom is 0.254 e. The highest BCUT2D eigenvalue weighted by atomic mass is 16.5. The van der Waals surface area contributed by atoms with Crippen molar-refractivity contribution in [3.63, 3.8) is 0 Å². The van der Waals surface area contributed by atoms with E-state index < -0.39 is 0 Å². The summed E-state index contributed by atoms with van der Waals surface area (Å²) in [6.07, 6.45) is 1.80. The first-order valence-corrected chi connectivity index (χ1v) is 10.4. The van der Waals surface area contributed by atoms with Crippen LogP contribution in [0.3, 0.4) is 0 Å². The van der Waals surface area contributed by atoms with E-state index in [1.165, 1.54) is 0 Å². The van der Waals surface area contributed by atoms with Crippen LogP contribution in [0.15, 0.2) is 48.7 Å². The lowest BCUT2D eigenvalue weighted by Gasteiger charge is -2.35. The number of amides is 1. The van der Waals surface area contributed by atoms with Gasteiger partial charge in [0, 0.05) is 37.9 Å². The maximum absolute atomic E-state index is 12.9. The largest absolute Gasteiger partial charge is 0.493 e. The average Bonchev–Trinajstić information content (AvgIpc) is 2.85. The number of carbonyl (C=O) groups is 1. The number of hydrogen-bond acceptors (Lipinski definition) is 8. The predicted molar refractivity (Wildman–Crippen MR) is 122 cm³/mol. The Labute approximate surface area is 187 Å². The Balaban J connectivity index is 1.35. The van der Waals surface area contributed by atoms with E-state index >= 15 is 0 Å². The van der Waals surface area contributed by atoms with Crippen LogP contribution in [0.5, 0.6) is 11.5 Å². The van der Waals surface area contributed by atoms with E-state index in [0.29, 0.717) is 49.1 Å². The maximum atomic E-state index is 12.9. The molecule has 1 amide bonds. The lowest BCUT2D eigenvalue weighted by Crippen LogP contribution is -2.49. The number of rotatable bonds is 6. The minimum Gasteiger partial charge on any atom is -0.493 e. The van der Waals surface area contributed by atoms with Gasteiger partial charge in [-0.2, -0.15) is 0 Å². The molecule has 1 aliphatic rings. The summed E-state index contributed by atoms with van der Waals surface area (Å²) in [5.41, 5.74) is 1.68. The molecule has 9 nitrogen and oxygen atoms in total. The second-order valence-electron chi connectivity index (χ2n) is 7.47. The molecule has 3 heterocycles. The van der Waals surface area contributed by atoms with Crippen LogP contribution in [0.2, 0.25) is 0 Å². The molecule has 32 heavy (non-hydrogen) atoms. The van der Waals surface area contributed by atoms with Gasteiger partial charge in [0.15, 0.2) is 23.1 Å². The zero-order valence-electron chi connectivity index (χ0n) is 18.4. The fourth-order valence-corrected chi connectivity index (χ4v) is 3.52. The Morgan fingerprint density at radius 3 is 2.28 bits per heavy atom. The molecule has 0 atom stereocenters.